The standard InChI is InChI=1S/C23H29N3O2S/c1-4-19(3)26-11-10-20-17-22(8-9-23(20)26)29(27,28)25-14-12-24(13-15-25)21-7-5-6-18(2)16-21/h5-9,16-17H,3-4,10-15H2,1-2H3. The highest BCUT2D eigenvalue weighted by molar-refractivity contribution is 7.89. The zero-order chi connectivity index (χ0) is 20.6. The predicted molar refractivity (Wildman–Crippen MR) is 119 cm³/mol. The van der Waals surface area contributed by atoms with E-state index in [0.717, 1.165) is 42.0 Å². The molecule has 29 heavy (non-hydrogen) atoms. The molecule has 0 radical (unpaired) electrons. The molecular weight excluding hydrogens is 382 g/mol. The second kappa shape index (κ2) is 7.84. The van der Waals surface area contributed by atoms with E-state index >= 15 is 0 Å². The Balaban J connectivity index is 1.49. The van der Waals surface area contributed by atoms with Gasteiger partial charge in [-0.15, -0.1) is 0 Å². The van der Waals surface area contributed by atoms with Gasteiger partial charge in [0.2, 0.25) is 10.0 Å². The van der Waals surface area contributed by atoms with Gasteiger partial charge in [0, 0.05) is 49.8 Å². The average Bonchev–Trinajstić information content (AvgIpc) is 3.16. The zero-order valence-electron chi connectivity index (χ0n) is 17.3. The van der Waals surface area contributed by atoms with Crippen molar-refractivity contribution in [3.05, 3.63) is 65.9 Å². The molecule has 0 atom stereocenters. The van der Waals surface area contributed by atoms with Gasteiger partial charge < -0.3 is 9.80 Å². The fourth-order valence-electron chi connectivity index (χ4n) is 4.22. The van der Waals surface area contributed by atoms with Crippen LogP contribution in [0.15, 0.2) is 59.6 Å². The SMILES string of the molecule is C=C(CC)N1CCc2cc(S(=O)(=O)N3CCN(c4cccc(C)c4)CC3)ccc21. The Morgan fingerprint density at radius 1 is 1.03 bits per heavy atom. The van der Waals surface area contributed by atoms with Gasteiger partial charge in [0.1, 0.15) is 0 Å². The van der Waals surface area contributed by atoms with Crippen LogP contribution in [0.25, 0.3) is 0 Å². The topological polar surface area (TPSA) is 43.9 Å². The quantitative estimate of drug-likeness (QED) is 0.751. The van der Waals surface area contributed by atoms with Crippen molar-refractivity contribution in [2.45, 2.75) is 31.6 Å². The summed E-state index contributed by atoms with van der Waals surface area (Å²) in [5, 5.41) is 0. The van der Waals surface area contributed by atoms with Crippen LogP contribution in [0.2, 0.25) is 0 Å². The summed E-state index contributed by atoms with van der Waals surface area (Å²) < 4.78 is 28.1. The molecule has 1 saturated heterocycles. The van der Waals surface area contributed by atoms with Gasteiger partial charge in [0.25, 0.3) is 0 Å². The fourth-order valence-corrected chi connectivity index (χ4v) is 5.69. The molecule has 0 N–H and O–H groups in total. The molecule has 2 aliphatic rings. The number of piperazine rings is 1. The van der Waals surface area contributed by atoms with E-state index in [0.29, 0.717) is 31.1 Å². The summed E-state index contributed by atoms with van der Waals surface area (Å²) in [6, 6.07) is 13.9. The Bertz CT molecular complexity index is 1020. The van der Waals surface area contributed by atoms with Gasteiger partial charge in [-0.1, -0.05) is 25.6 Å². The van der Waals surface area contributed by atoms with Crippen molar-refractivity contribution >= 4 is 21.4 Å². The second-order valence-electron chi connectivity index (χ2n) is 7.84. The van der Waals surface area contributed by atoms with Crippen molar-refractivity contribution < 1.29 is 8.42 Å². The molecule has 0 bridgehead atoms. The van der Waals surface area contributed by atoms with Gasteiger partial charge in [0.05, 0.1) is 4.90 Å². The average molecular weight is 412 g/mol. The number of hydrogen-bond acceptors (Lipinski definition) is 4. The highest BCUT2D eigenvalue weighted by Crippen LogP contribution is 2.34. The first-order valence-corrected chi connectivity index (χ1v) is 11.7. The minimum Gasteiger partial charge on any atom is -0.369 e. The van der Waals surface area contributed by atoms with Gasteiger partial charge in [-0.3, -0.25) is 0 Å². The van der Waals surface area contributed by atoms with Crippen molar-refractivity contribution in [3.8, 4) is 0 Å². The molecule has 1 fully saturated rings. The van der Waals surface area contributed by atoms with Crippen LogP contribution in [-0.2, 0) is 16.4 Å². The number of anilines is 2. The molecule has 2 aromatic rings. The Morgan fingerprint density at radius 2 is 1.79 bits per heavy atom. The Hall–Kier alpha value is -2.31. The van der Waals surface area contributed by atoms with E-state index in [-0.39, 0.29) is 0 Å². The largest absolute Gasteiger partial charge is 0.369 e. The van der Waals surface area contributed by atoms with Gasteiger partial charge in [-0.2, -0.15) is 4.31 Å². The van der Waals surface area contributed by atoms with Crippen LogP contribution in [0.3, 0.4) is 0 Å². The van der Waals surface area contributed by atoms with Gasteiger partial charge >= 0.3 is 0 Å². The summed E-state index contributed by atoms with van der Waals surface area (Å²) in [4.78, 5) is 4.87. The lowest BCUT2D eigenvalue weighted by Crippen LogP contribution is -2.48. The maximum Gasteiger partial charge on any atom is 0.243 e. The molecule has 0 saturated carbocycles. The molecule has 0 aromatic heterocycles. The summed E-state index contributed by atoms with van der Waals surface area (Å²) in [7, 11) is -3.47. The number of aryl methyl sites for hydroxylation is 1. The van der Waals surface area contributed by atoms with Gasteiger partial charge in [-0.05, 0) is 61.2 Å². The first-order chi connectivity index (χ1) is 13.9. The molecule has 4 rings (SSSR count). The van der Waals surface area contributed by atoms with Crippen LogP contribution in [0.5, 0.6) is 0 Å². The summed E-state index contributed by atoms with van der Waals surface area (Å²) >= 11 is 0. The van der Waals surface area contributed by atoms with Crippen LogP contribution in [0, 0.1) is 6.92 Å². The molecule has 0 amide bonds. The smallest absolute Gasteiger partial charge is 0.243 e. The van der Waals surface area contributed by atoms with Crippen molar-refractivity contribution in [1.82, 2.24) is 4.31 Å². The molecule has 2 aliphatic heterocycles. The van der Waals surface area contributed by atoms with Crippen LogP contribution in [-0.4, -0.2) is 45.4 Å². The number of rotatable bonds is 5. The third-order valence-corrected chi connectivity index (χ3v) is 7.87. The van der Waals surface area contributed by atoms with E-state index in [1.165, 1.54) is 5.56 Å². The third-order valence-electron chi connectivity index (χ3n) is 5.98. The zero-order valence-corrected chi connectivity index (χ0v) is 18.1. The van der Waals surface area contributed by atoms with Crippen LogP contribution >= 0.6 is 0 Å². The van der Waals surface area contributed by atoms with Crippen LogP contribution in [0.1, 0.15) is 24.5 Å². The number of fused-ring (bicyclic) bond motifs is 1. The Labute approximate surface area is 174 Å². The van der Waals surface area contributed by atoms with Crippen LogP contribution in [0.4, 0.5) is 11.4 Å². The lowest BCUT2D eigenvalue weighted by molar-refractivity contribution is 0.385. The van der Waals surface area contributed by atoms with E-state index in [1.807, 2.05) is 12.1 Å². The monoisotopic (exact) mass is 411 g/mol. The molecule has 154 valence electrons. The molecule has 0 aliphatic carbocycles. The summed E-state index contributed by atoms with van der Waals surface area (Å²) in [6.45, 7) is 11.6. The lowest BCUT2D eigenvalue weighted by Gasteiger charge is -2.35. The van der Waals surface area contributed by atoms with E-state index in [1.54, 1.807) is 10.4 Å². The summed E-state index contributed by atoms with van der Waals surface area (Å²) in [5.74, 6) is 0. The number of benzene rings is 2. The minimum atomic E-state index is -3.47. The number of nitrogens with zero attached hydrogens (tertiary/aromatic N) is 3. The summed E-state index contributed by atoms with van der Waals surface area (Å²) in [5.41, 5.74) is 5.65. The van der Waals surface area contributed by atoms with E-state index < -0.39 is 10.0 Å². The van der Waals surface area contributed by atoms with E-state index in [4.69, 9.17) is 0 Å². The van der Waals surface area contributed by atoms with Gasteiger partial charge in [0.15, 0.2) is 0 Å². The second-order valence-corrected chi connectivity index (χ2v) is 9.78. The third kappa shape index (κ3) is 3.79. The first-order valence-electron chi connectivity index (χ1n) is 10.3. The molecule has 0 spiro atoms. The highest BCUT2D eigenvalue weighted by Gasteiger charge is 2.30. The number of hydrogen-bond donors (Lipinski definition) is 0. The maximum absolute atomic E-state index is 13.2. The van der Waals surface area contributed by atoms with Crippen molar-refractivity contribution in [3.63, 3.8) is 0 Å². The molecule has 2 heterocycles. The molecular formula is C23H29N3O2S. The molecule has 0 unspecified atom stereocenters. The number of sulfonamides is 1. The Kier molecular flexibility index (Phi) is 5.40. The normalized spacial score (nSPS) is 17.4. The fraction of sp³-hybridized carbons (Fsp3) is 0.391. The van der Waals surface area contributed by atoms with Gasteiger partial charge in [-0.25, -0.2) is 8.42 Å². The van der Waals surface area contributed by atoms with Crippen molar-refractivity contribution in [1.29, 1.82) is 0 Å². The van der Waals surface area contributed by atoms with E-state index in [9.17, 15) is 8.42 Å². The maximum atomic E-state index is 13.2. The van der Waals surface area contributed by atoms with Crippen molar-refractivity contribution in [2.75, 3.05) is 42.5 Å². The highest BCUT2D eigenvalue weighted by atomic mass is 32.2. The molecule has 6 heteroatoms. The first kappa shape index (κ1) is 20.0. The minimum absolute atomic E-state index is 0.407. The molecule has 2 aromatic carbocycles. The lowest BCUT2D eigenvalue weighted by atomic mass is 10.2. The molecule has 5 nitrogen and oxygen atoms in total. The van der Waals surface area contributed by atoms with E-state index in [2.05, 4.69) is 54.5 Å². The Morgan fingerprint density at radius 3 is 2.48 bits per heavy atom. The van der Waals surface area contributed by atoms with Crippen molar-refractivity contribution in [2.24, 2.45) is 0 Å². The summed E-state index contributed by atoms with van der Waals surface area (Å²) in [6.07, 6.45) is 1.75. The number of allylic oxidation sites excluding steroid dienone is 1. The predicted octanol–water partition coefficient (Wildman–Crippen LogP) is 3.79. The van der Waals surface area contributed by atoms with Crippen LogP contribution < -0.4 is 9.80 Å².